The number of guanidine groups is 1. The molecule has 2 aliphatic rings. The molecule has 0 unspecified atom stereocenters. The van der Waals surface area contributed by atoms with Crippen LogP contribution in [0.2, 0.25) is 0 Å². The monoisotopic (exact) mass is 462 g/mol. The van der Waals surface area contributed by atoms with Crippen LogP contribution < -0.4 is 15.8 Å². The van der Waals surface area contributed by atoms with Gasteiger partial charge in [-0.2, -0.15) is 0 Å². The number of carbonyl (C=O) groups is 1. The smallest absolute Gasteiger partial charge is 0.251 e. The first-order chi connectivity index (χ1) is 16.5. The maximum Gasteiger partial charge on any atom is 0.251 e. The molecule has 0 spiro atoms. The molecule has 1 fully saturated rings. The van der Waals surface area contributed by atoms with E-state index in [4.69, 9.17) is 10.5 Å². The average molecular weight is 463 g/mol. The number of hydrogen-bond donors (Lipinski definition) is 2. The summed E-state index contributed by atoms with van der Waals surface area (Å²) in [4.78, 5) is 19.4. The lowest BCUT2D eigenvalue weighted by Gasteiger charge is -2.28. The van der Waals surface area contributed by atoms with Gasteiger partial charge in [0, 0.05) is 30.8 Å². The van der Waals surface area contributed by atoms with Gasteiger partial charge in [-0.3, -0.25) is 4.79 Å². The van der Waals surface area contributed by atoms with E-state index in [1.165, 1.54) is 32.1 Å². The summed E-state index contributed by atoms with van der Waals surface area (Å²) in [6.07, 6.45) is 7.36. The van der Waals surface area contributed by atoms with Crippen LogP contribution in [0.15, 0.2) is 47.5 Å². The highest BCUT2D eigenvalue weighted by molar-refractivity contribution is 5.94. The molecule has 0 radical (unpaired) electrons. The van der Waals surface area contributed by atoms with E-state index in [2.05, 4.69) is 30.2 Å². The first-order valence-electron chi connectivity index (χ1n) is 12.7. The van der Waals surface area contributed by atoms with E-state index in [0.717, 1.165) is 35.5 Å². The van der Waals surface area contributed by atoms with Gasteiger partial charge < -0.3 is 20.7 Å². The second-order valence-corrected chi connectivity index (χ2v) is 10.1. The second kappa shape index (κ2) is 11.4. The molecule has 1 amide bonds. The summed E-state index contributed by atoms with van der Waals surface area (Å²) in [5, 5.41) is 3.14. The predicted molar refractivity (Wildman–Crippen MR) is 137 cm³/mol. The summed E-state index contributed by atoms with van der Waals surface area (Å²) in [6.45, 7) is 7.12. The van der Waals surface area contributed by atoms with Crippen molar-refractivity contribution in [3.8, 4) is 5.75 Å². The first-order valence-corrected chi connectivity index (χ1v) is 12.7. The molecule has 0 bridgehead atoms. The van der Waals surface area contributed by atoms with Crippen molar-refractivity contribution in [2.24, 2.45) is 22.6 Å². The third-order valence-corrected chi connectivity index (χ3v) is 6.77. The van der Waals surface area contributed by atoms with Crippen molar-refractivity contribution in [3.63, 3.8) is 0 Å². The van der Waals surface area contributed by atoms with Crippen LogP contribution in [-0.4, -0.2) is 29.9 Å². The Morgan fingerprint density at radius 2 is 2.00 bits per heavy atom. The lowest BCUT2D eigenvalue weighted by atomic mass is 9.89. The van der Waals surface area contributed by atoms with E-state index in [9.17, 15) is 4.79 Å². The number of nitrogens with one attached hydrogen (secondary N) is 1. The zero-order chi connectivity index (χ0) is 23.9. The van der Waals surface area contributed by atoms with Gasteiger partial charge in [-0.1, -0.05) is 45.2 Å². The van der Waals surface area contributed by atoms with Crippen LogP contribution in [0.5, 0.6) is 5.75 Å². The Kier molecular flexibility index (Phi) is 8.09. The Balaban J connectivity index is 1.37. The van der Waals surface area contributed by atoms with E-state index < -0.39 is 0 Å². The van der Waals surface area contributed by atoms with Crippen molar-refractivity contribution in [1.29, 1.82) is 0 Å². The van der Waals surface area contributed by atoms with Crippen LogP contribution in [0.1, 0.15) is 73.9 Å². The third kappa shape index (κ3) is 6.52. The van der Waals surface area contributed by atoms with Gasteiger partial charge in [-0.15, -0.1) is 0 Å². The Morgan fingerprint density at radius 1 is 1.18 bits per heavy atom. The minimum atomic E-state index is 0.00115. The van der Waals surface area contributed by atoms with E-state index in [1.807, 2.05) is 41.3 Å². The van der Waals surface area contributed by atoms with E-state index >= 15 is 0 Å². The Hall–Kier alpha value is -3.02. The molecule has 6 heteroatoms. The third-order valence-electron chi connectivity index (χ3n) is 6.77. The van der Waals surface area contributed by atoms with Gasteiger partial charge in [0.15, 0.2) is 5.96 Å². The van der Waals surface area contributed by atoms with Crippen LogP contribution in [0.3, 0.4) is 0 Å². The number of carbonyl (C=O) groups excluding carboxylic acids is 1. The molecule has 6 nitrogen and oxygen atoms in total. The Bertz CT molecular complexity index is 1010. The number of nitrogens with zero attached hydrogens (tertiary/aromatic N) is 2. The van der Waals surface area contributed by atoms with Crippen molar-refractivity contribution < 1.29 is 9.53 Å². The van der Waals surface area contributed by atoms with Crippen LogP contribution >= 0.6 is 0 Å². The quantitative estimate of drug-likeness (QED) is 0.524. The topological polar surface area (TPSA) is 80.0 Å². The van der Waals surface area contributed by atoms with E-state index in [-0.39, 0.29) is 5.91 Å². The van der Waals surface area contributed by atoms with E-state index in [1.54, 1.807) is 0 Å². The fraction of sp³-hybridized carbons (Fsp3) is 0.500. The molecule has 182 valence electrons. The molecular weight excluding hydrogens is 424 g/mol. The number of amides is 1. The number of ether oxygens (including phenoxy) is 1. The molecule has 1 aliphatic carbocycles. The zero-order valence-corrected chi connectivity index (χ0v) is 20.6. The van der Waals surface area contributed by atoms with Crippen LogP contribution in [0.4, 0.5) is 5.69 Å². The largest absolute Gasteiger partial charge is 0.494 e. The summed E-state index contributed by atoms with van der Waals surface area (Å²) >= 11 is 0. The zero-order valence-electron chi connectivity index (χ0n) is 20.6. The van der Waals surface area contributed by atoms with Crippen molar-refractivity contribution in [3.05, 3.63) is 59.2 Å². The molecule has 4 rings (SSSR count). The molecule has 1 saturated carbocycles. The fourth-order valence-electron chi connectivity index (χ4n) is 4.68. The maximum absolute atomic E-state index is 12.7. The molecule has 0 saturated heterocycles. The summed E-state index contributed by atoms with van der Waals surface area (Å²) in [6, 6.07) is 13.8. The van der Waals surface area contributed by atoms with Crippen molar-refractivity contribution >= 4 is 17.6 Å². The number of benzene rings is 2. The molecule has 0 aromatic heterocycles. The highest BCUT2D eigenvalue weighted by atomic mass is 16.5. The molecule has 1 aliphatic heterocycles. The average Bonchev–Trinajstić information content (AvgIpc) is 2.84. The summed E-state index contributed by atoms with van der Waals surface area (Å²) in [5.41, 5.74) is 10.0. The molecule has 34 heavy (non-hydrogen) atoms. The molecule has 0 atom stereocenters. The van der Waals surface area contributed by atoms with Crippen molar-refractivity contribution in [2.75, 3.05) is 13.2 Å². The van der Waals surface area contributed by atoms with Crippen LogP contribution in [0, 0.1) is 11.8 Å². The van der Waals surface area contributed by atoms with Crippen molar-refractivity contribution in [1.82, 2.24) is 10.2 Å². The van der Waals surface area contributed by atoms with Gasteiger partial charge >= 0.3 is 0 Å². The molecular formula is C28H38N4O2. The lowest BCUT2D eigenvalue weighted by Crippen LogP contribution is -2.38. The fourth-order valence-corrected chi connectivity index (χ4v) is 4.68. The number of aliphatic imine (C=N–C) groups is 1. The highest BCUT2D eigenvalue weighted by Gasteiger charge is 2.20. The standard InChI is InChI=1S/C28H38N4O2/c1-20(2)13-14-34-25-11-12-26-24(16-25)19-32(28(29)31-26)18-22-9-6-10-23(15-22)27(33)30-17-21-7-4-3-5-8-21/h6,9-12,15-16,20-21H,3-5,7-8,13-14,17-19H2,1-2H3,(H2,29,31)(H,30,33). The summed E-state index contributed by atoms with van der Waals surface area (Å²) in [7, 11) is 0. The van der Waals surface area contributed by atoms with Crippen LogP contribution in [0.25, 0.3) is 0 Å². The number of fused-ring (bicyclic) bond motifs is 1. The number of hydrogen-bond acceptors (Lipinski definition) is 5. The van der Waals surface area contributed by atoms with Gasteiger partial charge in [-0.05, 0) is 67.0 Å². The minimum Gasteiger partial charge on any atom is -0.494 e. The summed E-state index contributed by atoms with van der Waals surface area (Å²) < 4.78 is 5.93. The molecule has 2 aromatic carbocycles. The van der Waals surface area contributed by atoms with Gasteiger partial charge in [0.25, 0.3) is 5.91 Å². The predicted octanol–water partition coefficient (Wildman–Crippen LogP) is 5.38. The van der Waals surface area contributed by atoms with E-state index in [0.29, 0.717) is 43.1 Å². The van der Waals surface area contributed by atoms with Gasteiger partial charge in [0.2, 0.25) is 0 Å². The number of nitrogens with two attached hydrogens (primary N) is 1. The number of rotatable bonds is 9. The van der Waals surface area contributed by atoms with Gasteiger partial charge in [-0.25, -0.2) is 4.99 Å². The van der Waals surface area contributed by atoms with Gasteiger partial charge in [0.1, 0.15) is 5.75 Å². The molecule has 3 N–H and O–H groups in total. The minimum absolute atomic E-state index is 0.00115. The normalized spacial score (nSPS) is 16.2. The second-order valence-electron chi connectivity index (χ2n) is 10.1. The SMILES string of the molecule is CC(C)CCOc1ccc2c(c1)CN(Cc1cccc(C(=O)NCC3CCCCC3)c1)C(N)=N2. The van der Waals surface area contributed by atoms with Crippen LogP contribution in [-0.2, 0) is 13.1 Å². The molecule has 1 heterocycles. The van der Waals surface area contributed by atoms with Gasteiger partial charge in [0.05, 0.1) is 12.3 Å². The Morgan fingerprint density at radius 3 is 2.79 bits per heavy atom. The van der Waals surface area contributed by atoms with Crippen molar-refractivity contribution in [2.45, 2.75) is 65.5 Å². The lowest BCUT2D eigenvalue weighted by molar-refractivity contribution is 0.0943. The first kappa shape index (κ1) is 24.1. The molecule has 2 aromatic rings. The maximum atomic E-state index is 12.7. The highest BCUT2D eigenvalue weighted by Crippen LogP contribution is 2.30. The Labute approximate surface area is 203 Å². The summed E-state index contributed by atoms with van der Waals surface area (Å²) in [5.74, 6) is 2.59.